The van der Waals surface area contributed by atoms with Gasteiger partial charge in [-0.05, 0) is 13.0 Å². The van der Waals surface area contributed by atoms with Crippen LogP contribution in [0.2, 0.25) is 0 Å². The lowest BCUT2D eigenvalue weighted by molar-refractivity contribution is 0.178. The Morgan fingerprint density at radius 2 is 2.16 bits per heavy atom. The second-order valence-electron chi connectivity index (χ2n) is 4.18. The van der Waals surface area contributed by atoms with E-state index in [9.17, 15) is 0 Å². The van der Waals surface area contributed by atoms with E-state index in [0.29, 0.717) is 13.2 Å². The number of methoxy groups -OCH3 is 1. The van der Waals surface area contributed by atoms with E-state index in [1.165, 1.54) is 6.33 Å². The van der Waals surface area contributed by atoms with E-state index in [4.69, 9.17) is 4.74 Å². The predicted molar refractivity (Wildman–Crippen MR) is 69.5 cm³/mol. The van der Waals surface area contributed by atoms with Crippen molar-refractivity contribution >= 4 is 11.0 Å². The van der Waals surface area contributed by atoms with Gasteiger partial charge in [-0.1, -0.05) is 0 Å². The minimum Gasteiger partial charge on any atom is -0.383 e. The molecule has 0 unspecified atom stereocenters. The first-order chi connectivity index (χ1) is 9.29. The highest BCUT2D eigenvalue weighted by Crippen LogP contribution is 2.24. The largest absolute Gasteiger partial charge is 0.383 e. The first kappa shape index (κ1) is 11.8. The quantitative estimate of drug-likeness (QED) is 0.759. The van der Waals surface area contributed by atoms with Gasteiger partial charge in [-0.3, -0.25) is 0 Å². The summed E-state index contributed by atoms with van der Waals surface area (Å²) in [6.45, 7) is 3.13. The molecule has 0 saturated carbocycles. The number of nitrogens with one attached hydrogen (secondary N) is 1. The fourth-order valence-corrected chi connectivity index (χ4v) is 1.98. The first-order valence-corrected chi connectivity index (χ1v) is 5.98. The van der Waals surface area contributed by atoms with Gasteiger partial charge in [-0.15, -0.1) is 0 Å². The number of ether oxygens (including phenoxy) is 1. The third-order valence-corrected chi connectivity index (χ3v) is 2.90. The van der Waals surface area contributed by atoms with E-state index < -0.39 is 0 Å². The Kier molecular flexibility index (Phi) is 2.96. The van der Waals surface area contributed by atoms with E-state index in [1.807, 2.05) is 19.2 Å². The number of H-pyrrole nitrogens is 1. The molecule has 0 aliphatic rings. The SMILES string of the molecule is COCCn1nc(C)c(-c2ncnc3[nH]ccc23)n1. The minimum atomic E-state index is 0.580. The summed E-state index contributed by atoms with van der Waals surface area (Å²) in [6.07, 6.45) is 3.37. The lowest BCUT2D eigenvalue weighted by Gasteiger charge is -1.98. The van der Waals surface area contributed by atoms with E-state index in [0.717, 1.165) is 28.1 Å². The Labute approximate surface area is 109 Å². The van der Waals surface area contributed by atoms with Gasteiger partial charge < -0.3 is 9.72 Å². The van der Waals surface area contributed by atoms with Gasteiger partial charge in [0.2, 0.25) is 0 Å². The number of aromatic nitrogens is 6. The van der Waals surface area contributed by atoms with Gasteiger partial charge in [0.15, 0.2) is 0 Å². The monoisotopic (exact) mass is 258 g/mol. The van der Waals surface area contributed by atoms with Crippen LogP contribution in [0, 0.1) is 6.92 Å². The fourth-order valence-electron chi connectivity index (χ4n) is 1.98. The van der Waals surface area contributed by atoms with Gasteiger partial charge in [0.25, 0.3) is 0 Å². The molecule has 0 saturated heterocycles. The van der Waals surface area contributed by atoms with Crippen LogP contribution in [0.4, 0.5) is 0 Å². The van der Waals surface area contributed by atoms with E-state index in [1.54, 1.807) is 11.9 Å². The van der Waals surface area contributed by atoms with Gasteiger partial charge in [0.1, 0.15) is 23.4 Å². The molecule has 0 aliphatic heterocycles. The summed E-state index contributed by atoms with van der Waals surface area (Å²) in [5.74, 6) is 0. The van der Waals surface area contributed by atoms with E-state index >= 15 is 0 Å². The maximum Gasteiger partial charge on any atom is 0.141 e. The second-order valence-corrected chi connectivity index (χ2v) is 4.18. The minimum absolute atomic E-state index is 0.580. The average Bonchev–Trinajstić information content (AvgIpc) is 3.02. The standard InChI is InChI=1S/C12H14N6O/c1-8-10(17-18(16-8)5-6-19-2)11-9-3-4-13-12(9)15-7-14-11/h3-4,7H,5-6H2,1-2H3,(H,13,14,15). The van der Waals surface area contributed by atoms with E-state index in [2.05, 4.69) is 25.1 Å². The van der Waals surface area contributed by atoms with E-state index in [-0.39, 0.29) is 0 Å². The molecule has 0 spiro atoms. The van der Waals surface area contributed by atoms with Crippen LogP contribution < -0.4 is 0 Å². The van der Waals surface area contributed by atoms with Crippen molar-refractivity contribution in [2.24, 2.45) is 0 Å². The van der Waals surface area contributed by atoms with Crippen LogP contribution in [0.15, 0.2) is 18.6 Å². The van der Waals surface area contributed by atoms with Crippen molar-refractivity contribution < 1.29 is 4.74 Å². The number of hydrogen-bond acceptors (Lipinski definition) is 5. The number of nitrogens with zero attached hydrogens (tertiary/aromatic N) is 5. The molecule has 3 aromatic rings. The smallest absolute Gasteiger partial charge is 0.141 e. The zero-order valence-corrected chi connectivity index (χ0v) is 10.8. The zero-order chi connectivity index (χ0) is 13.2. The van der Waals surface area contributed by atoms with Crippen molar-refractivity contribution in [2.45, 2.75) is 13.5 Å². The first-order valence-electron chi connectivity index (χ1n) is 5.98. The molecule has 0 radical (unpaired) electrons. The molecule has 3 rings (SSSR count). The Bertz CT molecular complexity index is 701. The summed E-state index contributed by atoms with van der Waals surface area (Å²) in [7, 11) is 1.66. The van der Waals surface area contributed by atoms with Crippen LogP contribution >= 0.6 is 0 Å². The molecular formula is C12H14N6O. The van der Waals surface area contributed by atoms with Crippen LogP contribution in [-0.2, 0) is 11.3 Å². The normalized spacial score (nSPS) is 11.3. The predicted octanol–water partition coefficient (Wildman–Crippen LogP) is 1.17. The molecule has 7 nitrogen and oxygen atoms in total. The Morgan fingerprint density at radius 1 is 1.26 bits per heavy atom. The van der Waals surface area contributed by atoms with Crippen LogP contribution in [0.5, 0.6) is 0 Å². The zero-order valence-electron chi connectivity index (χ0n) is 10.8. The van der Waals surface area contributed by atoms with Crippen LogP contribution in [0.25, 0.3) is 22.4 Å². The van der Waals surface area contributed by atoms with Gasteiger partial charge in [0, 0.05) is 18.7 Å². The Hall–Kier alpha value is -2.28. The van der Waals surface area contributed by atoms with Gasteiger partial charge in [-0.2, -0.15) is 15.0 Å². The summed E-state index contributed by atoms with van der Waals surface area (Å²) in [6, 6.07) is 1.94. The third kappa shape index (κ3) is 2.08. The highest BCUT2D eigenvalue weighted by molar-refractivity contribution is 5.89. The molecule has 0 atom stereocenters. The molecule has 0 aliphatic carbocycles. The molecule has 0 fully saturated rings. The molecule has 0 aromatic carbocycles. The summed E-state index contributed by atoms with van der Waals surface area (Å²) in [5, 5.41) is 9.79. The van der Waals surface area contributed by atoms with Crippen LogP contribution in [0.3, 0.4) is 0 Å². The third-order valence-electron chi connectivity index (χ3n) is 2.90. The Morgan fingerprint density at radius 3 is 3.00 bits per heavy atom. The summed E-state index contributed by atoms with van der Waals surface area (Å²) in [4.78, 5) is 13.2. The summed E-state index contributed by atoms with van der Waals surface area (Å²) in [5.41, 5.74) is 3.23. The fraction of sp³-hybridized carbons (Fsp3) is 0.333. The lowest BCUT2D eigenvalue weighted by Crippen LogP contribution is -2.07. The molecule has 0 amide bonds. The maximum atomic E-state index is 5.03. The van der Waals surface area contributed by atoms with Gasteiger partial charge in [-0.25, -0.2) is 9.97 Å². The van der Waals surface area contributed by atoms with Crippen molar-refractivity contribution in [1.29, 1.82) is 0 Å². The molecule has 3 heterocycles. The number of hydrogen-bond donors (Lipinski definition) is 1. The van der Waals surface area contributed by atoms with Crippen molar-refractivity contribution in [3.8, 4) is 11.4 Å². The van der Waals surface area contributed by atoms with Gasteiger partial charge in [0.05, 0.1) is 18.8 Å². The molecule has 0 bridgehead atoms. The van der Waals surface area contributed by atoms with Crippen molar-refractivity contribution in [1.82, 2.24) is 29.9 Å². The van der Waals surface area contributed by atoms with Crippen LogP contribution in [-0.4, -0.2) is 43.7 Å². The highest BCUT2D eigenvalue weighted by Gasteiger charge is 2.14. The lowest BCUT2D eigenvalue weighted by atomic mass is 10.2. The molecule has 7 heteroatoms. The summed E-state index contributed by atoms with van der Waals surface area (Å²) < 4.78 is 5.03. The number of fused-ring (bicyclic) bond motifs is 1. The number of aromatic amines is 1. The molecule has 1 N–H and O–H groups in total. The topological polar surface area (TPSA) is 81.5 Å². The number of rotatable bonds is 4. The van der Waals surface area contributed by atoms with Crippen molar-refractivity contribution in [2.75, 3.05) is 13.7 Å². The summed E-state index contributed by atoms with van der Waals surface area (Å²) >= 11 is 0. The van der Waals surface area contributed by atoms with Crippen molar-refractivity contribution in [3.63, 3.8) is 0 Å². The Balaban J connectivity index is 2.06. The molecule has 3 aromatic heterocycles. The molecular weight excluding hydrogens is 244 g/mol. The molecule has 19 heavy (non-hydrogen) atoms. The second kappa shape index (κ2) is 4.77. The molecule has 98 valence electrons. The van der Waals surface area contributed by atoms with Gasteiger partial charge >= 0.3 is 0 Å². The number of aryl methyl sites for hydroxylation is 1. The maximum absolute atomic E-state index is 5.03. The average molecular weight is 258 g/mol. The highest BCUT2D eigenvalue weighted by atomic mass is 16.5. The van der Waals surface area contributed by atoms with Crippen molar-refractivity contribution in [3.05, 3.63) is 24.3 Å². The van der Waals surface area contributed by atoms with Crippen LogP contribution in [0.1, 0.15) is 5.69 Å².